The van der Waals surface area contributed by atoms with Crippen molar-refractivity contribution in [1.29, 1.82) is 0 Å². The van der Waals surface area contributed by atoms with Gasteiger partial charge in [-0.1, -0.05) is 119 Å². The number of halogens is 1. The van der Waals surface area contributed by atoms with Crippen LogP contribution in [0, 0.1) is 13.8 Å². The molecule has 7 aromatic carbocycles. The van der Waals surface area contributed by atoms with Gasteiger partial charge in [0.2, 0.25) is 0 Å². The van der Waals surface area contributed by atoms with Crippen molar-refractivity contribution in [2.75, 3.05) is 0 Å². The summed E-state index contributed by atoms with van der Waals surface area (Å²) in [6.07, 6.45) is 2.08. The van der Waals surface area contributed by atoms with Crippen molar-refractivity contribution < 1.29 is 9.31 Å². The second-order valence-electron chi connectivity index (χ2n) is 15.7. The van der Waals surface area contributed by atoms with Gasteiger partial charge in [0, 0.05) is 21.8 Å². The summed E-state index contributed by atoms with van der Waals surface area (Å²) in [5.74, 6) is 0. The fraction of sp³-hybridized carbons (Fsp3) is 0.163. The molecule has 2 aromatic heterocycles. The summed E-state index contributed by atoms with van der Waals surface area (Å²) in [4.78, 5) is 4.90. The van der Waals surface area contributed by atoms with E-state index in [1.54, 1.807) is 0 Å². The van der Waals surface area contributed by atoms with Crippen LogP contribution in [-0.4, -0.2) is 27.7 Å². The van der Waals surface area contributed by atoms with E-state index in [1.807, 2.05) is 18.2 Å². The van der Waals surface area contributed by atoms with Gasteiger partial charge < -0.3 is 9.31 Å². The SMILES string of the molecule is CC1(C)OB(c2cc3ccc4cc(-c5ccccc5)cc5ccc(c2)c3c45)OC1(C)C.Cc1cc(-c2c(-c3ccccc3)nc3ccccn23)c(C)cc1Br. The normalized spacial score (nSPS) is 14.9. The second kappa shape index (κ2) is 13.5. The number of nitrogens with zero attached hydrogens (tertiary/aromatic N) is 2. The van der Waals surface area contributed by atoms with Crippen LogP contribution in [0.25, 0.3) is 71.6 Å². The summed E-state index contributed by atoms with van der Waals surface area (Å²) in [6, 6.07) is 49.5. The van der Waals surface area contributed by atoms with Crippen LogP contribution in [0.15, 0.2) is 150 Å². The standard InChI is InChI=1S/C28H25BO2.C21H17BrN2/c1-27(2)28(3,4)31-29(30-27)24-16-21-12-10-19-14-23(18-8-6-5-7-9-18)15-20-11-13-22(17-24)26(21)25(19)20;1-14-13-18(22)15(2)12-17(14)21-20(16-8-4-3-5-9-16)23-19-10-6-7-11-24(19)21/h5-17H,1-4H3;3-13H,1-2H3. The van der Waals surface area contributed by atoms with Gasteiger partial charge in [-0.15, -0.1) is 0 Å². The Balaban J connectivity index is 0.000000149. The molecule has 1 saturated heterocycles. The van der Waals surface area contributed by atoms with Crippen molar-refractivity contribution in [2.45, 2.75) is 52.7 Å². The summed E-state index contributed by atoms with van der Waals surface area (Å²) < 4.78 is 16.0. The zero-order valence-corrected chi connectivity index (χ0v) is 33.6. The minimum Gasteiger partial charge on any atom is -0.399 e. The molecule has 0 amide bonds. The molecule has 0 spiro atoms. The number of hydrogen-bond acceptors (Lipinski definition) is 3. The van der Waals surface area contributed by atoms with Gasteiger partial charge in [-0.2, -0.15) is 0 Å². The number of fused-ring (bicyclic) bond motifs is 1. The maximum Gasteiger partial charge on any atom is 0.494 e. The molecule has 0 N–H and O–H groups in total. The molecule has 9 aromatic rings. The third-order valence-corrected chi connectivity index (χ3v) is 12.4. The average Bonchev–Trinajstić information content (AvgIpc) is 3.68. The monoisotopic (exact) mass is 780 g/mol. The summed E-state index contributed by atoms with van der Waals surface area (Å²) in [5, 5.41) is 7.65. The predicted molar refractivity (Wildman–Crippen MR) is 235 cm³/mol. The van der Waals surface area contributed by atoms with Gasteiger partial charge in [-0.25, -0.2) is 4.98 Å². The molecule has 1 aliphatic heterocycles. The zero-order valence-electron chi connectivity index (χ0n) is 32.0. The molecule has 4 nitrogen and oxygen atoms in total. The third kappa shape index (κ3) is 6.23. The lowest BCUT2D eigenvalue weighted by atomic mass is 9.76. The Morgan fingerprint density at radius 1 is 0.564 bits per heavy atom. The Kier molecular flexibility index (Phi) is 8.69. The first-order valence-electron chi connectivity index (χ1n) is 18.9. The van der Waals surface area contributed by atoms with Crippen molar-refractivity contribution >= 4 is 66.5 Å². The number of rotatable bonds is 4. The third-order valence-electron chi connectivity index (χ3n) is 11.5. The molecule has 0 atom stereocenters. The van der Waals surface area contributed by atoms with Crippen LogP contribution in [-0.2, 0) is 9.31 Å². The molecule has 0 unspecified atom stereocenters. The van der Waals surface area contributed by atoms with Crippen LogP contribution in [0.4, 0.5) is 0 Å². The number of hydrogen-bond donors (Lipinski definition) is 0. The van der Waals surface area contributed by atoms with Crippen LogP contribution in [0.2, 0.25) is 0 Å². The van der Waals surface area contributed by atoms with E-state index in [0.29, 0.717) is 0 Å². The van der Waals surface area contributed by atoms with Crippen molar-refractivity contribution in [2.24, 2.45) is 0 Å². The highest BCUT2D eigenvalue weighted by Crippen LogP contribution is 2.40. The van der Waals surface area contributed by atoms with Gasteiger partial charge in [0.25, 0.3) is 0 Å². The smallest absolute Gasteiger partial charge is 0.399 e. The summed E-state index contributed by atoms with van der Waals surface area (Å²) >= 11 is 3.63. The molecular formula is C49H42BBrN2O2. The lowest BCUT2D eigenvalue weighted by Crippen LogP contribution is -2.41. The Hall–Kier alpha value is -5.27. The molecule has 10 rings (SSSR count). The van der Waals surface area contributed by atoms with Crippen molar-refractivity contribution in [1.82, 2.24) is 9.38 Å². The Labute approximate surface area is 331 Å². The quantitative estimate of drug-likeness (QED) is 0.132. The Morgan fingerprint density at radius 2 is 1.09 bits per heavy atom. The fourth-order valence-electron chi connectivity index (χ4n) is 7.86. The van der Waals surface area contributed by atoms with Gasteiger partial charge in [-0.05, 0) is 138 Å². The van der Waals surface area contributed by atoms with Gasteiger partial charge in [0.05, 0.1) is 22.6 Å². The van der Waals surface area contributed by atoms with E-state index in [-0.39, 0.29) is 18.3 Å². The van der Waals surface area contributed by atoms with Crippen molar-refractivity contribution in [3.63, 3.8) is 0 Å². The molecule has 0 saturated carbocycles. The van der Waals surface area contributed by atoms with Gasteiger partial charge in [-0.3, -0.25) is 4.40 Å². The van der Waals surface area contributed by atoms with Gasteiger partial charge in [0.15, 0.2) is 0 Å². The molecule has 55 heavy (non-hydrogen) atoms. The van der Waals surface area contributed by atoms with Crippen LogP contribution in [0.1, 0.15) is 38.8 Å². The zero-order chi connectivity index (χ0) is 38.1. The molecule has 0 aliphatic carbocycles. The minimum absolute atomic E-state index is 0.343. The molecular weight excluding hydrogens is 739 g/mol. The van der Waals surface area contributed by atoms with Crippen LogP contribution in [0.3, 0.4) is 0 Å². The predicted octanol–water partition coefficient (Wildman–Crippen LogP) is 12.6. The second-order valence-corrected chi connectivity index (χ2v) is 16.6. The summed E-state index contributed by atoms with van der Waals surface area (Å²) in [7, 11) is -0.350. The number of aryl methyl sites for hydroxylation is 2. The highest BCUT2D eigenvalue weighted by atomic mass is 79.9. The van der Waals surface area contributed by atoms with E-state index in [1.165, 1.54) is 60.1 Å². The molecule has 0 bridgehead atoms. The highest BCUT2D eigenvalue weighted by Gasteiger charge is 2.51. The first-order chi connectivity index (χ1) is 26.5. The van der Waals surface area contributed by atoms with Crippen LogP contribution in [0.5, 0.6) is 0 Å². The largest absolute Gasteiger partial charge is 0.494 e. The number of benzene rings is 7. The van der Waals surface area contributed by atoms with Crippen LogP contribution < -0.4 is 5.46 Å². The molecule has 270 valence electrons. The lowest BCUT2D eigenvalue weighted by Gasteiger charge is -2.32. The van der Waals surface area contributed by atoms with Crippen LogP contribution >= 0.6 is 15.9 Å². The lowest BCUT2D eigenvalue weighted by molar-refractivity contribution is 0.00578. The topological polar surface area (TPSA) is 35.8 Å². The Bertz CT molecular complexity index is 2780. The van der Waals surface area contributed by atoms with E-state index >= 15 is 0 Å². The van der Waals surface area contributed by atoms with E-state index in [0.717, 1.165) is 32.5 Å². The van der Waals surface area contributed by atoms with E-state index in [4.69, 9.17) is 14.3 Å². The van der Waals surface area contributed by atoms with Gasteiger partial charge >= 0.3 is 7.12 Å². The molecule has 6 heteroatoms. The number of imidazole rings is 1. The molecule has 1 aliphatic rings. The summed E-state index contributed by atoms with van der Waals surface area (Å²) in [5.41, 5.74) is 10.8. The molecule has 3 heterocycles. The first-order valence-corrected chi connectivity index (χ1v) is 19.7. The maximum absolute atomic E-state index is 6.32. The average molecular weight is 782 g/mol. The first kappa shape index (κ1) is 35.4. The minimum atomic E-state index is -0.350. The maximum atomic E-state index is 6.32. The fourth-order valence-corrected chi connectivity index (χ4v) is 8.32. The van der Waals surface area contributed by atoms with Crippen molar-refractivity contribution in [3.8, 4) is 33.6 Å². The summed E-state index contributed by atoms with van der Waals surface area (Å²) in [6.45, 7) is 12.7. The van der Waals surface area contributed by atoms with E-state index in [2.05, 4.69) is 189 Å². The van der Waals surface area contributed by atoms with Crippen molar-refractivity contribution in [3.05, 3.63) is 161 Å². The van der Waals surface area contributed by atoms with E-state index in [9.17, 15) is 0 Å². The number of pyridine rings is 1. The molecule has 1 fully saturated rings. The van der Waals surface area contributed by atoms with E-state index < -0.39 is 0 Å². The highest BCUT2D eigenvalue weighted by molar-refractivity contribution is 9.10. The molecule has 0 radical (unpaired) electrons. The Morgan fingerprint density at radius 3 is 1.67 bits per heavy atom. The van der Waals surface area contributed by atoms with Gasteiger partial charge in [0.1, 0.15) is 5.65 Å². The number of aromatic nitrogens is 2.